The molecular formula is C18H28ClN3O3. The number of pyridine rings is 1. The van der Waals surface area contributed by atoms with E-state index in [0.29, 0.717) is 18.7 Å². The van der Waals surface area contributed by atoms with Gasteiger partial charge in [-0.1, -0.05) is 13.8 Å². The van der Waals surface area contributed by atoms with E-state index in [0.717, 1.165) is 12.8 Å². The summed E-state index contributed by atoms with van der Waals surface area (Å²) in [5.41, 5.74) is -0.719. The summed E-state index contributed by atoms with van der Waals surface area (Å²) in [5.74, 6) is -0.381. The Morgan fingerprint density at radius 2 is 1.80 bits per heavy atom. The molecule has 2 amide bonds. The molecule has 0 bridgehead atoms. The van der Waals surface area contributed by atoms with Crippen LogP contribution in [0.4, 0.5) is 5.69 Å². The molecule has 140 valence electrons. The molecule has 1 aromatic heterocycles. The second kappa shape index (κ2) is 9.04. The summed E-state index contributed by atoms with van der Waals surface area (Å²) in [6, 6.07) is 1.45. The molecule has 0 atom stereocenters. The Morgan fingerprint density at radius 1 is 1.24 bits per heavy atom. The first-order valence-corrected chi connectivity index (χ1v) is 9.08. The summed E-state index contributed by atoms with van der Waals surface area (Å²) >= 11 is 5.81. The lowest BCUT2D eigenvalue weighted by Crippen LogP contribution is -2.36. The third-order valence-corrected chi connectivity index (χ3v) is 4.57. The number of carbonyl (C=O) groups is 2. The molecule has 0 unspecified atom stereocenters. The molecule has 7 heteroatoms. The van der Waals surface area contributed by atoms with Gasteiger partial charge in [-0.25, -0.2) is 0 Å². The van der Waals surface area contributed by atoms with E-state index in [2.05, 4.69) is 5.32 Å². The molecule has 0 aliphatic heterocycles. The minimum Gasteiger partial charge on any atom is -0.339 e. The molecule has 0 aliphatic rings. The van der Waals surface area contributed by atoms with E-state index in [1.807, 2.05) is 13.8 Å². The van der Waals surface area contributed by atoms with Gasteiger partial charge in [0.05, 0.1) is 11.0 Å². The number of hydrogen-bond acceptors (Lipinski definition) is 3. The third kappa shape index (κ3) is 5.33. The normalized spacial score (nSPS) is 11.3. The van der Waals surface area contributed by atoms with E-state index >= 15 is 0 Å². The van der Waals surface area contributed by atoms with Crippen LogP contribution in [0.15, 0.2) is 17.1 Å². The van der Waals surface area contributed by atoms with Gasteiger partial charge in [-0.2, -0.15) is 0 Å². The molecule has 0 saturated heterocycles. The van der Waals surface area contributed by atoms with E-state index in [9.17, 15) is 14.4 Å². The number of alkyl halides is 1. The van der Waals surface area contributed by atoms with Gasteiger partial charge in [-0.05, 0) is 32.8 Å². The van der Waals surface area contributed by atoms with Crippen molar-refractivity contribution in [2.75, 3.05) is 24.3 Å². The lowest BCUT2D eigenvalue weighted by atomic mass is 9.95. The Kier molecular flexibility index (Phi) is 7.67. The van der Waals surface area contributed by atoms with Crippen molar-refractivity contribution in [2.24, 2.45) is 12.5 Å². The largest absolute Gasteiger partial charge is 0.339 e. The fourth-order valence-electron chi connectivity index (χ4n) is 2.31. The highest BCUT2D eigenvalue weighted by atomic mass is 35.5. The average Bonchev–Trinajstić information content (AvgIpc) is 2.57. The number of anilines is 1. The first-order valence-electron chi connectivity index (χ1n) is 8.55. The quantitative estimate of drug-likeness (QED) is 0.716. The summed E-state index contributed by atoms with van der Waals surface area (Å²) < 4.78 is 1.31. The third-order valence-electron chi connectivity index (χ3n) is 3.90. The predicted molar refractivity (Wildman–Crippen MR) is 101 cm³/mol. The highest BCUT2D eigenvalue weighted by Crippen LogP contribution is 2.19. The lowest BCUT2D eigenvalue weighted by molar-refractivity contribution is -0.122. The smallest absolute Gasteiger partial charge is 0.274 e. The van der Waals surface area contributed by atoms with Crippen LogP contribution in [-0.4, -0.2) is 40.3 Å². The molecule has 0 spiro atoms. The van der Waals surface area contributed by atoms with Crippen molar-refractivity contribution >= 4 is 29.1 Å². The van der Waals surface area contributed by atoms with Crippen molar-refractivity contribution in [1.29, 1.82) is 0 Å². The lowest BCUT2D eigenvalue weighted by Gasteiger charge is -2.23. The zero-order chi connectivity index (χ0) is 19.2. The molecule has 1 rings (SSSR count). The van der Waals surface area contributed by atoms with Crippen LogP contribution >= 0.6 is 11.6 Å². The molecule has 0 radical (unpaired) electrons. The van der Waals surface area contributed by atoms with Crippen molar-refractivity contribution in [3.63, 3.8) is 0 Å². The van der Waals surface area contributed by atoms with Gasteiger partial charge in [0, 0.05) is 32.2 Å². The molecule has 1 N–H and O–H groups in total. The Bertz CT molecular complexity index is 677. The van der Waals surface area contributed by atoms with E-state index < -0.39 is 5.41 Å². The average molecular weight is 370 g/mol. The Morgan fingerprint density at radius 3 is 2.28 bits per heavy atom. The minimum atomic E-state index is -0.816. The number of aryl methyl sites for hydroxylation is 1. The van der Waals surface area contributed by atoms with Crippen molar-refractivity contribution in [1.82, 2.24) is 9.47 Å². The molecular weight excluding hydrogens is 342 g/mol. The Hall–Kier alpha value is -1.82. The van der Waals surface area contributed by atoms with Gasteiger partial charge in [0.15, 0.2) is 0 Å². The van der Waals surface area contributed by atoms with Gasteiger partial charge in [0.1, 0.15) is 5.69 Å². The van der Waals surface area contributed by atoms with Gasteiger partial charge in [-0.3, -0.25) is 14.4 Å². The number of hydrogen-bond donors (Lipinski definition) is 1. The maximum atomic E-state index is 12.8. The SMILES string of the molecule is CCCN(CCC)C(=O)c1cc(NC(=O)C(C)(C)CCl)c(=O)n(C)c1. The second-order valence-corrected chi connectivity index (χ2v) is 7.09. The summed E-state index contributed by atoms with van der Waals surface area (Å²) in [7, 11) is 1.56. The van der Waals surface area contributed by atoms with Gasteiger partial charge >= 0.3 is 0 Å². The Balaban J connectivity index is 3.20. The molecule has 0 fully saturated rings. The highest BCUT2D eigenvalue weighted by molar-refractivity contribution is 6.20. The zero-order valence-corrected chi connectivity index (χ0v) is 16.4. The molecule has 25 heavy (non-hydrogen) atoms. The van der Waals surface area contributed by atoms with Crippen LogP contribution in [0.1, 0.15) is 50.9 Å². The van der Waals surface area contributed by atoms with Crippen LogP contribution in [0, 0.1) is 5.41 Å². The van der Waals surface area contributed by atoms with Crippen LogP contribution in [0.2, 0.25) is 0 Å². The summed E-state index contributed by atoms with van der Waals surface area (Å²) in [5, 5.41) is 2.61. The molecule has 1 heterocycles. The molecule has 1 aromatic rings. The number of amides is 2. The van der Waals surface area contributed by atoms with E-state index in [4.69, 9.17) is 11.6 Å². The van der Waals surface area contributed by atoms with Crippen molar-refractivity contribution < 1.29 is 9.59 Å². The predicted octanol–water partition coefficient (Wildman–Crippen LogP) is 2.85. The van der Waals surface area contributed by atoms with Crippen molar-refractivity contribution in [2.45, 2.75) is 40.5 Å². The van der Waals surface area contributed by atoms with Crippen LogP contribution < -0.4 is 10.9 Å². The van der Waals surface area contributed by atoms with E-state index in [1.165, 1.54) is 16.8 Å². The number of nitrogens with zero attached hydrogens (tertiary/aromatic N) is 2. The zero-order valence-electron chi connectivity index (χ0n) is 15.7. The fraction of sp³-hybridized carbons (Fsp3) is 0.611. The standard InChI is InChI=1S/C18H28ClN3O3/c1-6-8-22(9-7-2)15(23)13-10-14(16(24)21(5)11-13)20-17(25)18(3,4)12-19/h10-11H,6-9,12H2,1-5H3,(H,20,25). The maximum absolute atomic E-state index is 12.8. The van der Waals surface area contributed by atoms with E-state index in [1.54, 1.807) is 25.8 Å². The summed E-state index contributed by atoms with van der Waals surface area (Å²) in [4.78, 5) is 39.1. The summed E-state index contributed by atoms with van der Waals surface area (Å²) in [6.45, 7) is 8.71. The van der Waals surface area contributed by atoms with Gasteiger partial charge in [-0.15, -0.1) is 11.6 Å². The number of halogens is 1. The first kappa shape index (κ1) is 21.2. The van der Waals surface area contributed by atoms with Crippen LogP contribution in [0.25, 0.3) is 0 Å². The number of aromatic nitrogens is 1. The number of carbonyl (C=O) groups excluding carboxylic acids is 2. The van der Waals surface area contributed by atoms with Crippen LogP contribution in [-0.2, 0) is 11.8 Å². The first-order chi connectivity index (χ1) is 11.7. The molecule has 6 nitrogen and oxygen atoms in total. The molecule has 0 saturated carbocycles. The summed E-state index contributed by atoms with van der Waals surface area (Å²) in [6.07, 6.45) is 3.21. The van der Waals surface area contributed by atoms with Crippen molar-refractivity contribution in [3.8, 4) is 0 Å². The minimum absolute atomic E-state index is 0.0875. The monoisotopic (exact) mass is 369 g/mol. The van der Waals surface area contributed by atoms with Gasteiger partial charge in [0.25, 0.3) is 11.5 Å². The highest BCUT2D eigenvalue weighted by Gasteiger charge is 2.27. The topological polar surface area (TPSA) is 71.4 Å². The number of nitrogens with one attached hydrogen (secondary N) is 1. The Labute approximate surface area is 154 Å². The van der Waals surface area contributed by atoms with Crippen molar-refractivity contribution in [3.05, 3.63) is 28.2 Å². The second-order valence-electron chi connectivity index (χ2n) is 6.82. The van der Waals surface area contributed by atoms with Crippen LogP contribution in [0.3, 0.4) is 0 Å². The van der Waals surface area contributed by atoms with Gasteiger partial charge < -0.3 is 14.8 Å². The van der Waals surface area contributed by atoms with E-state index in [-0.39, 0.29) is 28.9 Å². The molecule has 0 aromatic carbocycles. The van der Waals surface area contributed by atoms with Gasteiger partial charge in [0.2, 0.25) is 5.91 Å². The fourth-order valence-corrected chi connectivity index (χ4v) is 2.43. The number of rotatable bonds is 8. The van der Waals surface area contributed by atoms with Crippen LogP contribution in [0.5, 0.6) is 0 Å². The maximum Gasteiger partial charge on any atom is 0.274 e. The molecule has 0 aliphatic carbocycles.